The van der Waals surface area contributed by atoms with Crippen molar-refractivity contribution in [3.8, 4) is 11.1 Å². The maximum absolute atomic E-state index is 12.7. The lowest BCUT2D eigenvalue weighted by atomic mass is 9.98. The fraction of sp³-hybridized carbons (Fsp3) is 0.206. The molecule has 2 amide bonds. The van der Waals surface area contributed by atoms with Crippen molar-refractivity contribution in [2.75, 3.05) is 11.9 Å². The molecular weight excluding hydrogens is 532 g/mol. The Balaban J connectivity index is 1.14. The molecule has 0 aliphatic heterocycles. The van der Waals surface area contributed by atoms with Gasteiger partial charge in [-0.1, -0.05) is 91.0 Å². The number of carboxylic acids is 1. The fourth-order valence-corrected chi connectivity index (χ4v) is 5.20. The SMILES string of the molecule is CC(OCc1ccccc1)C(NC(=O)Cc1cccc(NC(=O)OCC2c3ccccc3-c3ccccc32)c1)C(=O)O. The first-order chi connectivity index (χ1) is 20.4. The summed E-state index contributed by atoms with van der Waals surface area (Å²) in [5, 5.41) is 15.0. The lowest BCUT2D eigenvalue weighted by molar-refractivity contribution is -0.146. The molecule has 4 aromatic carbocycles. The number of nitrogens with one attached hydrogen (secondary N) is 2. The summed E-state index contributed by atoms with van der Waals surface area (Å²) in [4.78, 5) is 37.3. The average molecular weight is 565 g/mol. The van der Waals surface area contributed by atoms with E-state index in [9.17, 15) is 19.5 Å². The van der Waals surface area contributed by atoms with E-state index in [1.165, 1.54) is 0 Å². The second-order valence-electron chi connectivity index (χ2n) is 10.2. The predicted octanol–water partition coefficient (Wildman–Crippen LogP) is 5.76. The summed E-state index contributed by atoms with van der Waals surface area (Å²) < 4.78 is 11.3. The van der Waals surface area contributed by atoms with Crippen molar-refractivity contribution in [3.63, 3.8) is 0 Å². The summed E-state index contributed by atoms with van der Waals surface area (Å²) >= 11 is 0. The third-order valence-corrected chi connectivity index (χ3v) is 7.29. The van der Waals surface area contributed by atoms with Gasteiger partial charge in [0, 0.05) is 11.6 Å². The predicted molar refractivity (Wildman–Crippen MR) is 159 cm³/mol. The van der Waals surface area contributed by atoms with Gasteiger partial charge in [-0.25, -0.2) is 9.59 Å². The Morgan fingerprint density at radius 3 is 2.10 bits per heavy atom. The van der Waals surface area contributed by atoms with Gasteiger partial charge in [-0.15, -0.1) is 0 Å². The minimum absolute atomic E-state index is 0.0561. The number of carboxylic acid groups (broad SMARTS) is 1. The van der Waals surface area contributed by atoms with Crippen molar-refractivity contribution in [3.05, 3.63) is 125 Å². The second-order valence-corrected chi connectivity index (χ2v) is 10.2. The maximum Gasteiger partial charge on any atom is 0.411 e. The highest BCUT2D eigenvalue weighted by molar-refractivity contribution is 5.87. The van der Waals surface area contributed by atoms with E-state index in [1.807, 2.05) is 54.6 Å². The van der Waals surface area contributed by atoms with Crippen LogP contribution in [0.3, 0.4) is 0 Å². The van der Waals surface area contributed by atoms with Gasteiger partial charge >= 0.3 is 12.1 Å². The smallest absolute Gasteiger partial charge is 0.411 e. The third kappa shape index (κ3) is 6.85. The minimum Gasteiger partial charge on any atom is -0.480 e. The number of hydrogen-bond donors (Lipinski definition) is 3. The number of rotatable bonds is 11. The molecule has 5 rings (SSSR count). The zero-order valence-corrected chi connectivity index (χ0v) is 23.2. The van der Waals surface area contributed by atoms with Crippen molar-refractivity contribution in [1.82, 2.24) is 5.32 Å². The molecule has 0 radical (unpaired) electrons. The van der Waals surface area contributed by atoms with E-state index in [1.54, 1.807) is 31.2 Å². The van der Waals surface area contributed by atoms with Crippen LogP contribution in [0.1, 0.15) is 35.1 Å². The molecule has 1 aliphatic rings. The highest BCUT2D eigenvalue weighted by atomic mass is 16.5. The van der Waals surface area contributed by atoms with E-state index < -0.39 is 30.1 Å². The zero-order chi connectivity index (χ0) is 29.5. The van der Waals surface area contributed by atoms with E-state index in [4.69, 9.17) is 9.47 Å². The molecule has 0 heterocycles. The fourth-order valence-electron chi connectivity index (χ4n) is 5.20. The molecule has 0 saturated carbocycles. The first-order valence-electron chi connectivity index (χ1n) is 13.8. The van der Waals surface area contributed by atoms with Crippen molar-refractivity contribution < 1.29 is 29.0 Å². The van der Waals surface area contributed by atoms with Gasteiger partial charge in [-0.3, -0.25) is 10.1 Å². The molecule has 214 valence electrons. The monoisotopic (exact) mass is 564 g/mol. The minimum atomic E-state index is -1.22. The number of carbonyl (C=O) groups is 3. The number of carbonyl (C=O) groups excluding carboxylic acids is 2. The van der Waals surface area contributed by atoms with Gasteiger partial charge in [0.1, 0.15) is 6.61 Å². The standard InChI is InChI=1S/C34H32N2O6/c1-22(41-20-23-10-3-2-4-11-23)32(33(38)39)36-31(37)19-24-12-9-13-25(18-24)35-34(40)42-21-30-28-16-7-5-14-26(28)27-15-6-8-17-29(27)30/h2-18,22,30,32H,19-21H2,1H3,(H,35,40)(H,36,37)(H,38,39). The van der Waals surface area contributed by atoms with Crippen molar-refractivity contribution in [2.45, 2.75) is 38.0 Å². The van der Waals surface area contributed by atoms with Gasteiger partial charge < -0.3 is 19.9 Å². The molecule has 0 fully saturated rings. The van der Waals surface area contributed by atoms with Crippen LogP contribution in [0.15, 0.2) is 103 Å². The van der Waals surface area contributed by atoms with E-state index >= 15 is 0 Å². The summed E-state index contributed by atoms with van der Waals surface area (Å²) in [6.07, 6.45) is -1.43. The van der Waals surface area contributed by atoms with Gasteiger partial charge in [0.2, 0.25) is 5.91 Å². The Hall–Kier alpha value is -4.95. The Labute approximate surface area is 244 Å². The van der Waals surface area contributed by atoms with Gasteiger partial charge in [-0.2, -0.15) is 0 Å². The Morgan fingerprint density at radius 2 is 1.43 bits per heavy atom. The number of benzene rings is 4. The van der Waals surface area contributed by atoms with Crippen LogP contribution in [0.2, 0.25) is 0 Å². The molecule has 42 heavy (non-hydrogen) atoms. The van der Waals surface area contributed by atoms with Crippen molar-refractivity contribution in [1.29, 1.82) is 0 Å². The van der Waals surface area contributed by atoms with E-state index in [0.717, 1.165) is 27.8 Å². The summed E-state index contributed by atoms with van der Waals surface area (Å²) in [5.41, 5.74) is 6.52. The lowest BCUT2D eigenvalue weighted by Crippen LogP contribution is -2.49. The summed E-state index contributed by atoms with van der Waals surface area (Å²) in [6.45, 7) is 2.02. The number of hydrogen-bond acceptors (Lipinski definition) is 5. The Bertz CT molecular complexity index is 1530. The molecule has 1 aliphatic carbocycles. The molecule has 0 spiro atoms. The van der Waals surface area contributed by atoms with E-state index in [0.29, 0.717) is 11.3 Å². The first kappa shape index (κ1) is 28.6. The van der Waals surface area contributed by atoms with Crippen molar-refractivity contribution in [2.24, 2.45) is 0 Å². The molecule has 2 unspecified atom stereocenters. The quantitative estimate of drug-likeness (QED) is 0.213. The van der Waals surface area contributed by atoms with Crippen LogP contribution >= 0.6 is 0 Å². The highest BCUT2D eigenvalue weighted by Crippen LogP contribution is 2.44. The number of anilines is 1. The van der Waals surface area contributed by atoms with Crippen LogP contribution in [0.4, 0.5) is 10.5 Å². The summed E-state index contributed by atoms with van der Waals surface area (Å²) in [5.74, 6) is -1.72. The number of fused-ring (bicyclic) bond motifs is 3. The molecule has 0 bridgehead atoms. The van der Waals surface area contributed by atoms with Gasteiger partial charge in [0.15, 0.2) is 6.04 Å². The van der Waals surface area contributed by atoms with Gasteiger partial charge in [-0.05, 0) is 52.4 Å². The maximum atomic E-state index is 12.7. The van der Waals surface area contributed by atoms with Crippen LogP contribution in [0.5, 0.6) is 0 Å². The van der Waals surface area contributed by atoms with Crippen molar-refractivity contribution >= 4 is 23.7 Å². The Morgan fingerprint density at radius 1 is 0.810 bits per heavy atom. The largest absolute Gasteiger partial charge is 0.480 e. The summed E-state index contributed by atoms with van der Waals surface area (Å²) in [7, 11) is 0. The van der Waals surface area contributed by atoms with E-state index in [-0.39, 0.29) is 25.6 Å². The summed E-state index contributed by atoms with van der Waals surface area (Å²) in [6, 6.07) is 31.2. The zero-order valence-electron chi connectivity index (χ0n) is 23.2. The molecule has 0 saturated heterocycles. The molecule has 4 aromatic rings. The second kappa shape index (κ2) is 13.1. The molecule has 8 nitrogen and oxygen atoms in total. The van der Waals surface area contributed by atoms with E-state index in [2.05, 4.69) is 34.9 Å². The van der Waals surface area contributed by atoms with Crippen LogP contribution in [-0.2, 0) is 32.1 Å². The topological polar surface area (TPSA) is 114 Å². The number of amides is 2. The number of aliphatic carboxylic acids is 1. The Kier molecular flexibility index (Phi) is 8.94. The normalized spacial score (nSPS) is 13.4. The van der Waals surface area contributed by atoms with Crippen LogP contribution in [0.25, 0.3) is 11.1 Å². The molecule has 8 heteroatoms. The average Bonchev–Trinajstić information content (AvgIpc) is 3.32. The van der Waals surface area contributed by atoms with Crippen LogP contribution in [0, 0.1) is 0 Å². The van der Waals surface area contributed by atoms with Crippen LogP contribution in [-0.4, -0.2) is 41.8 Å². The lowest BCUT2D eigenvalue weighted by Gasteiger charge is -2.22. The van der Waals surface area contributed by atoms with Gasteiger partial charge in [0.05, 0.1) is 19.1 Å². The highest BCUT2D eigenvalue weighted by Gasteiger charge is 2.29. The number of ether oxygens (including phenoxy) is 2. The molecule has 0 aromatic heterocycles. The molecular formula is C34H32N2O6. The van der Waals surface area contributed by atoms with Crippen LogP contribution < -0.4 is 10.6 Å². The van der Waals surface area contributed by atoms with Gasteiger partial charge in [0.25, 0.3) is 0 Å². The third-order valence-electron chi connectivity index (χ3n) is 7.29. The first-order valence-corrected chi connectivity index (χ1v) is 13.8. The molecule has 2 atom stereocenters. The molecule has 3 N–H and O–H groups in total.